The van der Waals surface area contributed by atoms with E-state index in [2.05, 4.69) is 15.5 Å². The summed E-state index contributed by atoms with van der Waals surface area (Å²) in [6.45, 7) is 2.24. The number of nitrogens with one attached hydrogen (secondary N) is 2. The second-order valence-corrected chi connectivity index (χ2v) is 3.50. The third-order valence-corrected chi connectivity index (χ3v) is 2.43. The van der Waals surface area contributed by atoms with Crippen molar-refractivity contribution in [3.63, 3.8) is 0 Å². The van der Waals surface area contributed by atoms with Crippen LogP contribution in [0.25, 0.3) is 0 Å². The number of hydrogen-bond acceptors (Lipinski definition) is 5. The van der Waals surface area contributed by atoms with E-state index >= 15 is 0 Å². The van der Waals surface area contributed by atoms with Gasteiger partial charge in [-0.25, -0.2) is 0 Å². The number of aromatic amines is 1. The lowest BCUT2D eigenvalue weighted by Crippen LogP contribution is -2.42. The molecule has 80 valence electrons. The van der Waals surface area contributed by atoms with Gasteiger partial charge in [0.05, 0.1) is 18.9 Å². The average molecular weight is 207 g/mol. The minimum absolute atomic E-state index is 0.227. The lowest BCUT2D eigenvalue weighted by Gasteiger charge is -2.23. The number of nitrogens with zero attached hydrogens (tertiary/aromatic N) is 2. The van der Waals surface area contributed by atoms with E-state index in [9.17, 15) is 0 Å². The van der Waals surface area contributed by atoms with Crippen LogP contribution in [-0.4, -0.2) is 36.0 Å². The van der Waals surface area contributed by atoms with E-state index < -0.39 is 0 Å². The van der Waals surface area contributed by atoms with Crippen molar-refractivity contribution >= 4 is 5.82 Å². The molecule has 1 aromatic rings. The van der Waals surface area contributed by atoms with Gasteiger partial charge in [0.15, 0.2) is 5.82 Å². The molecule has 1 unspecified atom stereocenters. The number of nitrogen functional groups attached to an aromatic ring is 1. The second-order valence-electron chi connectivity index (χ2n) is 3.50. The van der Waals surface area contributed by atoms with Crippen molar-refractivity contribution in [2.24, 2.45) is 0 Å². The number of rotatable bonds is 2. The maximum absolute atomic E-state index is 8.88. The van der Waals surface area contributed by atoms with Crippen LogP contribution in [0.15, 0.2) is 0 Å². The van der Waals surface area contributed by atoms with Crippen molar-refractivity contribution in [2.75, 3.05) is 25.5 Å². The molecule has 1 aromatic heterocycles. The highest BCUT2D eigenvalue weighted by atomic mass is 16.5. The first kappa shape index (κ1) is 9.96. The number of nitriles is 1. The zero-order valence-electron chi connectivity index (χ0n) is 8.29. The van der Waals surface area contributed by atoms with Gasteiger partial charge in [-0.15, -0.1) is 0 Å². The van der Waals surface area contributed by atoms with Gasteiger partial charge < -0.3 is 15.8 Å². The van der Waals surface area contributed by atoms with E-state index in [0.29, 0.717) is 18.6 Å². The number of anilines is 1. The third-order valence-electron chi connectivity index (χ3n) is 2.43. The molecular weight excluding hydrogens is 194 g/mol. The summed E-state index contributed by atoms with van der Waals surface area (Å²) in [6.07, 6.45) is 0.688. The van der Waals surface area contributed by atoms with Crippen molar-refractivity contribution in [3.05, 3.63) is 11.3 Å². The molecule has 15 heavy (non-hydrogen) atoms. The van der Waals surface area contributed by atoms with Crippen LogP contribution in [0.2, 0.25) is 0 Å². The quantitative estimate of drug-likeness (QED) is 0.601. The first-order chi connectivity index (χ1) is 7.31. The first-order valence-electron chi connectivity index (χ1n) is 4.85. The number of nitrogens with two attached hydrogens (primary N) is 1. The first-order valence-corrected chi connectivity index (χ1v) is 4.85. The minimum atomic E-state index is 0.227. The van der Waals surface area contributed by atoms with Gasteiger partial charge in [-0.3, -0.25) is 5.10 Å². The van der Waals surface area contributed by atoms with Gasteiger partial charge in [0.2, 0.25) is 0 Å². The Morgan fingerprint density at radius 2 is 2.53 bits per heavy atom. The molecule has 1 saturated heterocycles. The van der Waals surface area contributed by atoms with Gasteiger partial charge in [0.25, 0.3) is 0 Å². The van der Waals surface area contributed by atoms with E-state index in [1.807, 2.05) is 6.07 Å². The monoisotopic (exact) mass is 207 g/mol. The molecule has 0 bridgehead atoms. The van der Waals surface area contributed by atoms with Crippen molar-refractivity contribution in [1.82, 2.24) is 15.5 Å². The Labute approximate surface area is 87.4 Å². The molecule has 1 aliphatic rings. The number of hydrogen-bond donors (Lipinski definition) is 3. The fourth-order valence-corrected chi connectivity index (χ4v) is 1.66. The number of morpholine rings is 1. The normalized spacial score (nSPS) is 21.1. The lowest BCUT2D eigenvalue weighted by molar-refractivity contribution is 0.0767. The molecule has 0 amide bonds. The van der Waals surface area contributed by atoms with E-state index in [4.69, 9.17) is 15.7 Å². The molecule has 0 aliphatic carbocycles. The van der Waals surface area contributed by atoms with Crippen LogP contribution >= 0.6 is 0 Å². The third kappa shape index (κ3) is 2.09. The molecule has 0 aromatic carbocycles. The molecule has 6 nitrogen and oxygen atoms in total. The number of H-pyrrole nitrogens is 1. The van der Waals surface area contributed by atoms with Gasteiger partial charge in [-0.05, 0) is 0 Å². The van der Waals surface area contributed by atoms with Crippen LogP contribution in [0.4, 0.5) is 5.82 Å². The van der Waals surface area contributed by atoms with E-state index in [-0.39, 0.29) is 11.9 Å². The molecule has 6 heteroatoms. The molecular formula is C9H13N5O. The Balaban J connectivity index is 2.06. The fourth-order valence-electron chi connectivity index (χ4n) is 1.66. The largest absolute Gasteiger partial charge is 0.381 e. The average Bonchev–Trinajstić information content (AvgIpc) is 2.61. The summed E-state index contributed by atoms with van der Waals surface area (Å²) in [5.74, 6) is 0.268. The Morgan fingerprint density at radius 3 is 3.20 bits per heavy atom. The van der Waals surface area contributed by atoms with Crippen LogP contribution < -0.4 is 11.1 Å². The van der Waals surface area contributed by atoms with Gasteiger partial charge >= 0.3 is 0 Å². The summed E-state index contributed by atoms with van der Waals surface area (Å²) in [5.41, 5.74) is 6.76. The zero-order chi connectivity index (χ0) is 10.7. The highest BCUT2D eigenvalue weighted by Crippen LogP contribution is 2.14. The second kappa shape index (κ2) is 4.29. The topological polar surface area (TPSA) is 99.8 Å². The molecule has 0 radical (unpaired) electrons. The minimum Gasteiger partial charge on any atom is -0.381 e. The van der Waals surface area contributed by atoms with Crippen molar-refractivity contribution in [1.29, 1.82) is 5.26 Å². The van der Waals surface area contributed by atoms with Gasteiger partial charge in [-0.1, -0.05) is 0 Å². The predicted molar refractivity (Wildman–Crippen MR) is 54.0 cm³/mol. The zero-order valence-corrected chi connectivity index (χ0v) is 8.29. The van der Waals surface area contributed by atoms with Crippen molar-refractivity contribution < 1.29 is 4.74 Å². The number of aromatic nitrogens is 2. The van der Waals surface area contributed by atoms with Crippen LogP contribution in [0, 0.1) is 11.3 Å². The fraction of sp³-hybridized carbons (Fsp3) is 0.556. The molecule has 1 fully saturated rings. The molecule has 4 N–H and O–H groups in total. The molecule has 0 spiro atoms. The van der Waals surface area contributed by atoms with Crippen LogP contribution in [-0.2, 0) is 11.2 Å². The molecule has 1 atom stereocenters. The highest BCUT2D eigenvalue weighted by molar-refractivity contribution is 5.51. The van der Waals surface area contributed by atoms with Crippen LogP contribution in [0.3, 0.4) is 0 Å². The summed E-state index contributed by atoms with van der Waals surface area (Å²) in [5, 5.41) is 18.8. The Bertz CT molecular complexity index is 374. The van der Waals surface area contributed by atoms with Crippen molar-refractivity contribution in [3.8, 4) is 6.07 Å². The van der Waals surface area contributed by atoms with Crippen molar-refractivity contribution in [2.45, 2.75) is 12.5 Å². The van der Waals surface area contributed by atoms with Gasteiger partial charge in [-0.2, -0.15) is 10.4 Å². The van der Waals surface area contributed by atoms with Crippen LogP contribution in [0.5, 0.6) is 0 Å². The highest BCUT2D eigenvalue weighted by Gasteiger charge is 2.18. The molecule has 2 rings (SSSR count). The molecule has 0 saturated carbocycles. The SMILES string of the molecule is N#Cc1c(N)n[nH]c1CC1COCCN1. The van der Waals surface area contributed by atoms with Crippen LogP contribution in [0.1, 0.15) is 11.3 Å². The molecule has 2 heterocycles. The summed E-state index contributed by atoms with van der Waals surface area (Å²) < 4.78 is 5.32. The van der Waals surface area contributed by atoms with Gasteiger partial charge in [0.1, 0.15) is 11.6 Å². The Kier molecular flexibility index (Phi) is 2.85. The molecule has 1 aliphatic heterocycles. The summed E-state index contributed by atoms with van der Waals surface area (Å²) in [4.78, 5) is 0. The number of ether oxygens (including phenoxy) is 1. The van der Waals surface area contributed by atoms with E-state index in [1.165, 1.54) is 0 Å². The Hall–Kier alpha value is -1.58. The standard InChI is InChI=1S/C9H13N5O/c10-4-7-8(13-14-9(7)11)3-6-5-15-2-1-12-6/h6,12H,1-3,5H2,(H3,11,13,14). The maximum atomic E-state index is 8.88. The summed E-state index contributed by atoms with van der Waals surface area (Å²) in [6, 6.07) is 2.27. The summed E-state index contributed by atoms with van der Waals surface area (Å²) >= 11 is 0. The van der Waals surface area contributed by atoms with E-state index in [0.717, 1.165) is 18.8 Å². The smallest absolute Gasteiger partial charge is 0.163 e. The Morgan fingerprint density at radius 1 is 1.67 bits per heavy atom. The van der Waals surface area contributed by atoms with E-state index in [1.54, 1.807) is 0 Å². The van der Waals surface area contributed by atoms with Gasteiger partial charge in [0, 0.05) is 19.0 Å². The lowest BCUT2D eigenvalue weighted by atomic mass is 10.1. The summed E-state index contributed by atoms with van der Waals surface area (Å²) in [7, 11) is 0. The maximum Gasteiger partial charge on any atom is 0.163 e. The predicted octanol–water partition coefficient (Wildman–Crippen LogP) is -0.606.